The van der Waals surface area contributed by atoms with Crippen molar-refractivity contribution >= 4 is 39.3 Å². The Hall–Kier alpha value is -1.97. The van der Waals surface area contributed by atoms with E-state index in [0.717, 1.165) is 28.0 Å². The van der Waals surface area contributed by atoms with Gasteiger partial charge in [-0.1, -0.05) is 30.3 Å². The number of carboxylic acids is 1. The lowest BCUT2D eigenvalue weighted by atomic mass is 9.64. The lowest BCUT2D eigenvalue weighted by molar-refractivity contribution is -0.160. The summed E-state index contributed by atoms with van der Waals surface area (Å²) in [5, 5.41) is 11.8. The molecule has 1 aliphatic carbocycles. The lowest BCUT2D eigenvalue weighted by Crippen LogP contribution is -2.60. The third-order valence-corrected chi connectivity index (χ3v) is 7.71. The van der Waals surface area contributed by atoms with Crippen molar-refractivity contribution < 1.29 is 24.2 Å². The SMILES string of the molecule is O=C(O)COC1(c2nc(Br)cs2)CCC2(CC1)CN(C(=O)OCc1ccccc1)C2. The summed E-state index contributed by atoms with van der Waals surface area (Å²) in [7, 11) is 0. The third kappa shape index (κ3) is 4.53. The minimum atomic E-state index is -0.985. The molecule has 0 atom stereocenters. The van der Waals surface area contributed by atoms with Crippen molar-refractivity contribution in [3.8, 4) is 0 Å². The fourth-order valence-electron chi connectivity index (χ4n) is 4.29. The molecule has 9 heteroatoms. The van der Waals surface area contributed by atoms with Gasteiger partial charge in [0.2, 0.25) is 0 Å². The van der Waals surface area contributed by atoms with E-state index < -0.39 is 11.6 Å². The summed E-state index contributed by atoms with van der Waals surface area (Å²) in [6.45, 7) is 1.25. The summed E-state index contributed by atoms with van der Waals surface area (Å²) in [5.74, 6) is -0.985. The highest BCUT2D eigenvalue weighted by molar-refractivity contribution is 9.10. The molecule has 4 rings (SSSR count). The number of carboxylic acid groups (broad SMARTS) is 1. The van der Waals surface area contributed by atoms with Gasteiger partial charge in [0.05, 0.1) is 0 Å². The normalized spacial score (nSPS) is 19.3. The molecule has 1 saturated heterocycles. The molecule has 1 aromatic heterocycles. The van der Waals surface area contributed by atoms with Crippen LogP contribution in [0.3, 0.4) is 0 Å². The molecule has 0 unspecified atom stereocenters. The van der Waals surface area contributed by atoms with Crippen LogP contribution in [0.5, 0.6) is 0 Å². The van der Waals surface area contributed by atoms with E-state index in [1.165, 1.54) is 11.3 Å². The number of amides is 1. The Morgan fingerprint density at radius 1 is 1.17 bits per heavy atom. The van der Waals surface area contributed by atoms with Crippen molar-refractivity contribution in [2.45, 2.75) is 37.9 Å². The molecule has 1 amide bonds. The summed E-state index contributed by atoms with van der Waals surface area (Å²) < 4.78 is 12.0. The van der Waals surface area contributed by atoms with Gasteiger partial charge < -0.3 is 19.5 Å². The Bertz CT molecular complexity index is 903. The highest BCUT2D eigenvalue weighted by atomic mass is 79.9. The highest BCUT2D eigenvalue weighted by Crippen LogP contribution is 2.52. The van der Waals surface area contributed by atoms with E-state index in [2.05, 4.69) is 20.9 Å². The number of hydrogen-bond acceptors (Lipinski definition) is 6. The maximum atomic E-state index is 12.4. The Kier molecular flexibility index (Phi) is 6.13. The van der Waals surface area contributed by atoms with Crippen molar-refractivity contribution in [1.29, 1.82) is 0 Å². The molecule has 1 N–H and O–H groups in total. The quantitative estimate of drug-likeness (QED) is 0.639. The van der Waals surface area contributed by atoms with Crippen LogP contribution in [-0.4, -0.2) is 46.7 Å². The Morgan fingerprint density at radius 3 is 2.47 bits per heavy atom. The molecule has 2 aliphatic rings. The van der Waals surface area contributed by atoms with Crippen LogP contribution >= 0.6 is 27.3 Å². The Balaban J connectivity index is 1.33. The third-order valence-electron chi connectivity index (χ3n) is 5.97. The molecule has 30 heavy (non-hydrogen) atoms. The first-order valence-electron chi connectivity index (χ1n) is 9.83. The van der Waals surface area contributed by atoms with Gasteiger partial charge in [0.25, 0.3) is 0 Å². The largest absolute Gasteiger partial charge is 0.480 e. The molecule has 1 aromatic carbocycles. The van der Waals surface area contributed by atoms with Gasteiger partial charge in [-0.25, -0.2) is 14.6 Å². The predicted molar refractivity (Wildman–Crippen MR) is 114 cm³/mol. The molecule has 7 nitrogen and oxygen atoms in total. The van der Waals surface area contributed by atoms with Crippen LogP contribution in [0.4, 0.5) is 4.79 Å². The van der Waals surface area contributed by atoms with E-state index in [4.69, 9.17) is 14.6 Å². The number of likely N-dealkylation sites (tertiary alicyclic amines) is 1. The number of aromatic nitrogens is 1. The van der Waals surface area contributed by atoms with Gasteiger partial charge in [-0.15, -0.1) is 11.3 Å². The maximum Gasteiger partial charge on any atom is 0.410 e. The zero-order chi connectivity index (χ0) is 21.2. The monoisotopic (exact) mass is 494 g/mol. The van der Waals surface area contributed by atoms with E-state index >= 15 is 0 Å². The van der Waals surface area contributed by atoms with Crippen LogP contribution in [0.2, 0.25) is 0 Å². The van der Waals surface area contributed by atoms with E-state index in [0.29, 0.717) is 25.9 Å². The fraction of sp³-hybridized carbons (Fsp3) is 0.476. The van der Waals surface area contributed by atoms with Gasteiger partial charge in [0.15, 0.2) is 0 Å². The van der Waals surface area contributed by atoms with Crippen LogP contribution in [0.15, 0.2) is 40.3 Å². The van der Waals surface area contributed by atoms with Crippen LogP contribution in [0, 0.1) is 5.41 Å². The number of hydrogen-bond donors (Lipinski definition) is 1. The van der Waals surface area contributed by atoms with E-state index in [-0.39, 0.29) is 24.7 Å². The van der Waals surface area contributed by atoms with Crippen molar-refractivity contribution in [1.82, 2.24) is 9.88 Å². The molecule has 2 aromatic rings. The minimum Gasteiger partial charge on any atom is -0.480 e. The second-order valence-corrected chi connectivity index (χ2v) is 9.72. The molecule has 0 radical (unpaired) electrons. The maximum absolute atomic E-state index is 12.4. The molecule has 2 fully saturated rings. The highest BCUT2D eigenvalue weighted by Gasteiger charge is 2.52. The number of carbonyl (C=O) groups is 2. The zero-order valence-electron chi connectivity index (χ0n) is 16.4. The van der Waals surface area contributed by atoms with Crippen LogP contribution < -0.4 is 0 Å². The number of rotatable bonds is 6. The van der Waals surface area contributed by atoms with Gasteiger partial charge in [-0.3, -0.25) is 0 Å². The topological polar surface area (TPSA) is 89.0 Å². The number of halogens is 1. The summed E-state index contributed by atoms with van der Waals surface area (Å²) in [5.41, 5.74) is 0.346. The van der Waals surface area contributed by atoms with Crippen LogP contribution in [-0.2, 0) is 26.5 Å². The lowest BCUT2D eigenvalue weighted by Gasteiger charge is -2.54. The Labute approximate surface area is 187 Å². The van der Waals surface area contributed by atoms with Crippen LogP contribution in [0.25, 0.3) is 0 Å². The van der Waals surface area contributed by atoms with Gasteiger partial charge in [-0.05, 0) is 47.2 Å². The average molecular weight is 495 g/mol. The molecule has 2 heterocycles. The minimum absolute atomic E-state index is 0.0519. The first-order chi connectivity index (χ1) is 14.4. The summed E-state index contributed by atoms with van der Waals surface area (Å²) in [4.78, 5) is 29.7. The smallest absolute Gasteiger partial charge is 0.410 e. The number of carbonyl (C=O) groups excluding carboxylic acids is 1. The molecular weight excluding hydrogens is 472 g/mol. The number of aliphatic carboxylic acids is 1. The predicted octanol–water partition coefficient (Wildman–Crippen LogP) is 4.41. The van der Waals surface area contributed by atoms with Crippen molar-refractivity contribution in [3.05, 3.63) is 50.9 Å². The van der Waals surface area contributed by atoms with Crippen molar-refractivity contribution in [2.24, 2.45) is 5.41 Å². The molecule has 1 saturated carbocycles. The average Bonchev–Trinajstić information content (AvgIpc) is 3.17. The molecule has 0 bridgehead atoms. The molecular formula is C21H23BrN2O5S. The van der Waals surface area contributed by atoms with Gasteiger partial charge >= 0.3 is 12.1 Å². The Morgan fingerprint density at radius 2 is 1.87 bits per heavy atom. The fourth-order valence-corrected chi connectivity index (χ4v) is 5.75. The number of thiazole rings is 1. The molecule has 1 aliphatic heterocycles. The van der Waals surface area contributed by atoms with Gasteiger partial charge in [-0.2, -0.15) is 0 Å². The van der Waals surface area contributed by atoms with E-state index in [1.54, 1.807) is 4.90 Å². The van der Waals surface area contributed by atoms with Gasteiger partial charge in [0, 0.05) is 23.9 Å². The first kappa shape index (κ1) is 21.3. The van der Waals surface area contributed by atoms with Gasteiger partial charge in [0.1, 0.15) is 28.4 Å². The van der Waals surface area contributed by atoms with E-state index in [9.17, 15) is 9.59 Å². The number of ether oxygens (including phenoxy) is 2. The second-order valence-electron chi connectivity index (χ2n) is 8.05. The zero-order valence-corrected chi connectivity index (χ0v) is 18.8. The summed E-state index contributed by atoms with van der Waals surface area (Å²) in [6, 6.07) is 9.63. The summed E-state index contributed by atoms with van der Waals surface area (Å²) in [6.07, 6.45) is 2.80. The molecule has 160 valence electrons. The summed E-state index contributed by atoms with van der Waals surface area (Å²) >= 11 is 4.86. The second kappa shape index (κ2) is 8.64. The van der Waals surface area contributed by atoms with E-state index in [1.807, 2.05) is 35.7 Å². The number of nitrogens with zero attached hydrogens (tertiary/aromatic N) is 2. The van der Waals surface area contributed by atoms with Crippen molar-refractivity contribution in [2.75, 3.05) is 19.7 Å². The number of benzene rings is 1. The van der Waals surface area contributed by atoms with Crippen molar-refractivity contribution in [3.63, 3.8) is 0 Å². The molecule has 1 spiro atoms. The van der Waals surface area contributed by atoms with Crippen LogP contribution in [0.1, 0.15) is 36.3 Å². The standard InChI is InChI=1S/C21H23BrN2O5S/c22-16-12-30-18(23-16)21(29-11-17(25)26)8-6-20(7-9-21)13-24(14-20)19(27)28-10-15-4-2-1-3-5-15/h1-5,12H,6-11,13-14H2,(H,25,26). The first-order valence-corrected chi connectivity index (χ1v) is 11.5.